The van der Waals surface area contributed by atoms with Crippen LogP contribution >= 0.6 is 23.4 Å². The van der Waals surface area contributed by atoms with E-state index >= 15 is 0 Å². The standard InChI is InChI=1S/C23H17ClN4O6S2/c1-12-10-19-18(11-15(12)24)35-22(28-36(19,33)34)27-21(30)13-6-2-4-8-16(13)25-20(29)14-7-3-5-9-17(14)26-23(31)32/h2-11,26H,1H3,(H,25,29)(H,31,32)(H,27,28,30). The van der Waals surface area contributed by atoms with Crippen molar-refractivity contribution in [3.05, 3.63) is 82.4 Å². The third kappa shape index (κ3) is 5.35. The fourth-order valence-corrected chi connectivity index (χ4v) is 6.10. The second-order valence-electron chi connectivity index (χ2n) is 7.45. The first-order chi connectivity index (χ1) is 17.0. The minimum absolute atomic E-state index is 0.00584. The molecule has 0 spiro atoms. The number of sulfonamides is 1. The molecule has 0 fully saturated rings. The summed E-state index contributed by atoms with van der Waals surface area (Å²) in [7, 11) is -4.07. The molecule has 0 bridgehead atoms. The predicted molar refractivity (Wildman–Crippen MR) is 137 cm³/mol. The van der Waals surface area contributed by atoms with Gasteiger partial charge in [0.15, 0.2) is 5.17 Å². The molecular formula is C23H17ClN4O6S2. The van der Waals surface area contributed by atoms with Crippen molar-refractivity contribution >= 4 is 67.8 Å². The molecule has 3 aromatic rings. The molecule has 0 aliphatic carbocycles. The summed E-state index contributed by atoms with van der Waals surface area (Å²) in [5.41, 5.74) is 0.829. The number of carbonyl (C=O) groups excluding carboxylic acids is 2. The van der Waals surface area contributed by atoms with Crippen molar-refractivity contribution in [3.8, 4) is 0 Å². The minimum Gasteiger partial charge on any atom is -0.465 e. The van der Waals surface area contributed by atoms with E-state index in [4.69, 9.17) is 16.7 Å². The SMILES string of the molecule is Cc1cc2c(cc1Cl)SC(NC(=O)c1ccccc1NC(=O)c1ccccc1NC(=O)O)=NS2(=O)=O. The molecule has 3 amide bonds. The maximum atomic E-state index is 13.0. The van der Waals surface area contributed by atoms with Crippen LogP contribution < -0.4 is 16.0 Å². The van der Waals surface area contributed by atoms with Crippen LogP contribution in [-0.4, -0.2) is 36.6 Å². The second kappa shape index (κ2) is 10.0. The van der Waals surface area contributed by atoms with Crippen LogP contribution in [0.4, 0.5) is 16.2 Å². The fourth-order valence-electron chi connectivity index (χ4n) is 3.30. The normalized spacial score (nSPS) is 13.7. The van der Waals surface area contributed by atoms with Gasteiger partial charge in [0.1, 0.15) is 4.90 Å². The Morgan fingerprint density at radius 1 is 0.889 bits per heavy atom. The molecule has 0 aromatic heterocycles. The zero-order valence-corrected chi connectivity index (χ0v) is 20.8. The Kier molecular flexibility index (Phi) is 7.02. The number of nitrogens with one attached hydrogen (secondary N) is 3. The summed E-state index contributed by atoms with van der Waals surface area (Å²) in [5, 5.41) is 16.4. The molecule has 1 aliphatic heterocycles. The summed E-state index contributed by atoms with van der Waals surface area (Å²) >= 11 is 7.07. The van der Waals surface area contributed by atoms with Crippen molar-refractivity contribution in [1.29, 1.82) is 0 Å². The summed E-state index contributed by atoms with van der Waals surface area (Å²) in [4.78, 5) is 37.3. The molecule has 0 radical (unpaired) electrons. The van der Waals surface area contributed by atoms with Crippen LogP contribution in [0.2, 0.25) is 5.02 Å². The topological polar surface area (TPSA) is 154 Å². The van der Waals surface area contributed by atoms with Crippen molar-refractivity contribution < 1.29 is 27.9 Å². The first-order valence-electron chi connectivity index (χ1n) is 10.2. The van der Waals surface area contributed by atoms with Gasteiger partial charge in [0, 0.05) is 9.92 Å². The number of nitrogens with zero attached hydrogens (tertiary/aromatic N) is 1. The molecule has 4 rings (SSSR count). The van der Waals surface area contributed by atoms with Crippen molar-refractivity contribution in [2.24, 2.45) is 4.40 Å². The number of amidine groups is 1. The number of aryl methyl sites for hydroxylation is 1. The van der Waals surface area contributed by atoms with Crippen molar-refractivity contribution in [3.63, 3.8) is 0 Å². The summed E-state index contributed by atoms with van der Waals surface area (Å²) in [5.74, 6) is -1.38. The van der Waals surface area contributed by atoms with Gasteiger partial charge in [-0.3, -0.25) is 14.9 Å². The first-order valence-corrected chi connectivity index (χ1v) is 12.8. The molecule has 36 heavy (non-hydrogen) atoms. The van der Waals surface area contributed by atoms with Gasteiger partial charge in [-0.25, -0.2) is 4.79 Å². The van der Waals surface area contributed by atoms with Crippen LogP contribution in [0.15, 0.2) is 74.9 Å². The second-order valence-corrected chi connectivity index (χ2v) is 10.5. The van der Waals surface area contributed by atoms with Gasteiger partial charge in [0.05, 0.1) is 22.5 Å². The zero-order chi connectivity index (χ0) is 26.0. The Bertz CT molecular complexity index is 1560. The van der Waals surface area contributed by atoms with Gasteiger partial charge in [-0.2, -0.15) is 8.42 Å². The Labute approximate surface area is 214 Å². The van der Waals surface area contributed by atoms with Crippen LogP contribution in [0.25, 0.3) is 0 Å². The van der Waals surface area contributed by atoms with Gasteiger partial charge < -0.3 is 15.7 Å². The number of rotatable bonds is 4. The predicted octanol–water partition coefficient (Wildman–Crippen LogP) is 4.57. The number of anilines is 2. The van der Waals surface area contributed by atoms with Crippen LogP contribution in [0, 0.1) is 6.92 Å². The van der Waals surface area contributed by atoms with Crippen LogP contribution in [0.1, 0.15) is 26.3 Å². The highest BCUT2D eigenvalue weighted by Gasteiger charge is 2.28. The number of para-hydroxylation sites is 2. The molecule has 4 N–H and O–H groups in total. The number of hydrogen-bond donors (Lipinski definition) is 4. The number of fused-ring (bicyclic) bond motifs is 1. The highest BCUT2D eigenvalue weighted by Crippen LogP contribution is 2.37. The number of benzene rings is 3. The van der Waals surface area contributed by atoms with Crippen LogP contribution in [0.3, 0.4) is 0 Å². The molecular weight excluding hydrogens is 528 g/mol. The average molecular weight is 545 g/mol. The van der Waals surface area contributed by atoms with E-state index in [1.54, 1.807) is 31.2 Å². The van der Waals surface area contributed by atoms with E-state index in [2.05, 4.69) is 20.3 Å². The minimum atomic E-state index is -4.07. The third-order valence-corrected chi connectivity index (χ3v) is 7.88. The number of carboxylic acid groups (broad SMARTS) is 1. The molecule has 1 heterocycles. The third-order valence-electron chi connectivity index (χ3n) is 4.97. The summed E-state index contributed by atoms with van der Waals surface area (Å²) < 4.78 is 29.0. The molecule has 3 aromatic carbocycles. The maximum absolute atomic E-state index is 13.0. The van der Waals surface area contributed by atoms with Gasteiger partial charge in [-0.05, 0) is 60.6 Å². The maximum Gasteiger partial charge on any atom is 0.409 e. The first kappa shape index (κ1) is 25.2. The van der Waals surface area contributed by atoms with E-state index in [1.807, 2.05) is 0 Å². The monoisotopic (exact) mass is 544 g/mol. The molecule has 0 saturated heterocycles. The average Bonchev–Trinajstić information content (AvgIpc) is 2.80. The largest absolute Gasteiger partial charge is 0.465 e. The van der Waals surface area contributed by atoms with Gasteiger partial charge in [-0.15, -0.1) is 4.40 Å². The lowest BCUT2D eigenvalue weighted by molar-refractivity contribution is 0.0979. The van der Waals surface area contributed by atoms with Gasteiger partial charge in [0.2, 0.25) is 0 Å². The van der Waals surface area contributed by atoms with Gasteiger partial charge in [0.25, 0.3) is 21.8 Å². The lowest BCUT2D eigenvalue weighted by Gasteiger charge is -2.18. The van der Waals surface area contributed by atoms with Crippen LogP contribution in [-0.2, 0) is 10.0 Å². The summed E-state index contributed by atoms with van der Waals surface area (Å²) in [6.45, 7) is 1.67. The van der Waals surface area contributed by atoms with Crippen molar-refractivity contribution in [2.45, 2.75) is 16.7 Å². The quantitative estimate of drug-likeness (QED) is 0.375. The number of amides is 3. The number of thioether (sulfide) groups is 1. The van der Waals surface area contributed by atoms with E-state index in [0.29, 0.717) is 15.5 Å². The Hall–Kier alpha value is -3.87. The molecule has 0 atom stereocenters. The molecule has 184 valence electrons. The lowest BCUT2D eigenvalue weighted by Crippen LogP contribution is -2.31. The van der Waals surface area contributed by atoms with E-state index < -0.39 is 27.9 Å². The van der Waals surface area contributed by atoms with E-state index in [-0.39, 0.29) is 32.6 Å². The summed E-state index contributed by atoms with van der Waals surface area (Å²) in [6, 6.07) is 14.9. The number of carbonyl (C=O) groups is 3. The fraction of sp³-hybridized carbons (Fsp3) is 0.0435. The van der Waals surface area contributed by atoms with Gasteiger partial charge in [-0.1, -0.05) is 35.9 Å². The van der Waals surface area contributed by atoms with E-state index in [9.17, 15) is 22.8 Å². The molecule has 10 nitrogen and oxygen atoms in total. The zero-order valence-electron chi connectivity index (χ0n) is 18.4. The molecule has 0 saturated carbocycles. The van der Waals surface area contributed by atoms with E-state index in [0.717, 1.165) is 11.8 Å². The molecule has 13 heteroatoms. The van der Waals surface area contributed by atoms with Crippen LogP contribution in [0.5, 0.6) is 0 Å². The molecule has 1 aliphatic rings. The van der Waals surface area contributed by atoms with Crippen molar-refractivity contribution in [1.82, 2.24) is 5.32 Å². The smallest absolute Gasteiger partial charge is 0.409 e. The highest BCUT2D eigenvalue weighted by atomic mass is 35.5. The summed E-state index contributed by atoms with van der Waals surface area (Å²) in [6.07, 6.45) is -1.34. The Balaban J connectivity index is 1.58. The Morgan fingerprint density at radius 2 is 1.44 bits per heavy atom. The van der Waals surface area contributed by atoms with Gasteiger partial charge >= 0.3 is 6.09 Å². The van der Waals surface area contributed by atoms with E-state index in [1.165, 1.54) is 36.4 Å². The molecule has 0 unspecified atom stereocenters. The number of halogens is 1. The highest BCUT2D eigenvalue weighted by molar-refractivity contribution is 8.15. The number of hydrogen-bond acceptors (Lipinski definition) is 6. The van der Waals surface area contributed by atoms with Crippen molar-refractivity contribution in [2.75, 3.05) is 10.6 Å². The lowest BCUT2D eigenvalue weighted by atomic mass is 10.1. The Morgan fingerprint density at radius 3 is 2.06 bits per heavy atom.